The molecule has 1 amide bonds. The Kier molecular flexibility index (Phi) is 4.65. The lowest BCUT2D eigenvalue weighted by Crippen LogP contribution is -2.33. The Balaban J connectivity index is 1.69. The summed E-state index contributed by atoms with van der Waals surface area (Å²) in [6.45, 7) is 7.76. The average Bonchev–Trinajstić information content (AvgIpc) is 3.23. The van der Waals surface area contributed by atoms with Crippen LogP contribution in [0.15, 0.2) is 43.0 Å². The Labute approximate surface area is 146 Å². The quantitative estimate of drug-likeness (QED) is 0.775. The van der Waals surface area contributed by atoms with Gasteiger partial charge in [0.2, 0.25) is 5.91 Å². The van der Waals surface area contributed by atoms with Gasteiger partial charge in [-0.1, -0.05) is 12.1 Å². The van der Waals surface area contributed by atoms with Gasteiger partial charge in [-0.3, -0.25) is 4.79 Å². The van der Waals surface area contributed by atoms with E-state index in [9.17, 15) is 4.79 Å². The van der Waals surface area contributed by atoms with Crippen LogP contribution >= 0.6 is 0 Å². The Hall–Kier alpha value is -2.96. The smallest absolute Gasteiger partial charge is 0.245 e. The molecule has 0 saturated carbocycles. The summed E-state index contributed by atoms with van der Waals surface area (Å²) in [5.74, 6) is -0.0966. The number of nitrogens with zero attached hydrogens (tertiary/aromatic N) is 5. The highest BCUT2D eigenvalue weighted by Crippen LogP contribution is 2.18. The summed E-state index contributed by atoms with van der Waals surface area (Å²) in [6, 6.07) is 9.58. The normalized spacial score (nSPS) is 13.4. The third kappa shape index (κ3) is 3.60. The van der Waals surface area contributed by atoms with E-state index in [0.717, 1.165) is 22.6 Å². The lowest BCUT2D eigenvalue weighted by Gasteiger charge is -2.18. The highest BCUT2D eigenvalue weighted by molar-refractivity contribution is 5.80. The molecule has 0 saturated heterocycles. The van der Waals surface area contributed by atoms with Gasteiger partial charge in [-0.25, -0.2) is 14.3 Å². The first-order chi connectivity index (χ1) is 12.0. The third-order valence-electron chi connectivity index (χ3n) is 4.22. The van der Waals surface area contributed by atoms with Gasteiger partial charge in [0.15, 0.2) is 0 Å². The summed E-state index contributed by atoms with van der Waals surface area (Å²) in [7, 11) is 0. The van der Waals surface area contributed by atoms with Crippen molar-refractivity contribution in [2.75, 3.05) is 0 Å². The number of aryl methyl sites for hydroxylation is 2. The maximum Gasteiger partial charge on any atom is 0.245 e. The molecule has 1 aromatic carbocycles. The first-order valence-corrected chi connectivity index (χ1v) is 8.24. The number of nitrogens with one attached hydrogen (secondary N) is 1. The molecule has 2 heterocycles. The minimum atomic E-state index is -0.404. The molecule has 0 aliphatic heterocycles. The largest absolute Gasteiger partial charge is 0.348 e. The van der Waals surface area contributed by atoms with E-state index in [1.807, 2.05) is 55.8 Å². The van der Waals surface area contributed by atoms with Crippen molar-refractivity contribution in [2.24, 2.45) is 0 Å². The molecule has 25 heavy (non-hydrogen) atoms. The molecule has 0 unspecified atom stereocenters. The molecule has 3 rings (SSSR count). The van der Waals surface area contributed by atoms with Crippen LogP contribution < -0.4 is 5.32 Å². The van der Waals surface area contributed by atoms with Gasteiger partial charge in [-0.2, -0.15) is 10.2 Å². The van der Waals surface area contributed by atoms with Gasteiger partial charge in [-0.05, 0) is 51.5 Å². The highest BCUT2D eigenvalue weighted by Gasteiger charge is 2.18. The molecule has 0 aliphatic rings. The van der Waals surface area contributed by atoms with Gasteiger partial charge in [0, 0.05) is 5.69 Å². The van der Waals surface area contributed by atoms with Crippen LogP contribution in [0.5, 0.6) is 0 Å². The van der Waals surface area contributed by atoms with E-state index >= 15 is 0 Å². The second-order valence-corrected chi connectivity index (χ2v) is 6.21. The standard InChI is InChI=1S/C18H22N6O/c1-12-9-13(2)24(22-12)17-7-5-16(6-8-17)14(3)21-18(25)15(4)23-11-19-10-20-23/h5-11,14-15H,1-4H3,(H,21,25)/t14-,15+/m1/s1. The lowest BCUT2D eigenvalue weighted by atomic mass is 10.1. The molecule has 0 bridgehead atoms. The fourth-order valence-electron chi connectivity index (χ4n) is 2.75. The zero-order valence-electron chi connectivity index (χ0n) is 14.8. The predicted octanol–water partition coefficient (Wildman–Crippen LogP) is 2.52. The molecule has 0 aliphatic carbocycles. The van der Waals surface area contributed by atoms with Crippen LogP contribution in [0.2, 0.25) is 0 Å². The van der Waals surface area contributed by atoms with Crippen molar-refractivity contribution < 1.29 is 4.79 Å². The van der Waals surface area contributed by atoms with E-state index in [1.165, 1.54) is 17.3 Å². The lowest BCUT2D eigenvalue weighted by molar-refractivity contribution is -0.124. The number of carbonyl (C=O) groups excluding carboxylic acids is 1. The molecule has 0 radical (unpaired) electrons. The summed E-state index contributed by atoms with van der Waals surface area (Å²) in [5.41, 5.74) is 4.12. The number of carbonyl (C=O) groups is 1. The van der Waals surface area contributed by atoms with Crippen LogP contribution in [0, 0.1) is 13.8 Å². The summed E-state index contributed by atoms with van der Waals surface area (Å²) in [6.07, 6.45) is 2.96. The van der Waals surface area contributed by atoms with E-state index in [-0.39, 0.29) is 11.9 Å². The Bertz CT molecular complexity index is 850. The number of hydrogen-bond acceptors (Lipinski definition) is 4. The first kappa shape index (κ1) is 16.9. The number of hydrogen-bond donors (Lipinski definition) is 1. The van der Waals surface area contributed by atoms with E-state index in [1.54, 1.807) is 6.92 Å². The molecule has 3 aromatic rings. The van der Waals surface area contributed by atoms with Crippen molar-refractivity contribution in [1.29, 1.82) is 0 Å². The van der Waals surface area contributed by atoms with E-state index in [2.05, 4.69) is 20.5 Å². The summed E-state index contributed by atoms with van der Waals surface area (Å²) in [5, 5.41) is 11.5. The van der Waals surface area contributed by atoms with Crippen LogP contribution in [-0.4, -0.2) is 30.5 Å². The molecule has 7 nitrogen and oxygen atoms in total. The number of rotatable bonds is 5. The highest BCUT2D eigenvalue weighted by atomic mass is 16.2. The monoisotopic (exact) mass is 338 g/mol. The molecule has 130 valence electrons. The summed E-state index contributed by atoms with van der Waals surface area (Å²) in [4.78, 5) is 16.2. The molecule has 2 atom stereocenters. The van der Waals surface area contributed by atoms with Gasteiger partial charge in [0.1, 0.15) is 18.7 Å². The Morgan fingerprint density at radius 2 is 1.88 bits per heavy atom. The van der Waals surface area contributed by atoms with E-state index < -0.39 is 6.04 Å². The maximum atomic E-state index is 12.3. The average molecular weight is 338 g/mol. The van der Waals surface area contributed by atoms with Crippen LogP contribution in [0.3, 0.4) is 0 Å². The van der Waals surface area contributed by atoms with Crippen LogP contribution in [0.1, 0.15) is 42.9 Å². The number of aromatic nitrogens is 5. The van der Waals surface area contributed by atoms with E-state index in [0.29, 0.717) is 0 Å². The van der Waals surface area contributed by atoms with Crippen LogP contribution in [0.25, 0.3) is 5.69 Å². The van der Waals surface area contributed by atoms with Crippen molar-refractivity contribution in [2.45, 2.75) is 39.8 Å². The van der Waals surface area contributed by atoms with E-state index in [4.69, 9.17) is 0 Å². The molecule has 2 aromatic heterocycles. The van der Waals surface area contributed by atoms with Crippen molar-refractivity contribution in [3.8, 4) is 5.69 Å². The van der Waals surface area contributed by atoms with Crippen molar-refractivity contribution >= 4 is 5.91 Å². The molecular formula is C18H22N6O. The topological polar surface area (TPSA) is 77.6 Å². The van der Waals surface area contributed by atoms with Gasteiger partial charge < -0.3 is 5.32 Å². The SMILES string of the molecule is Cc1cc(C)n(-c2ccc([C@@H](C)NC(=O)[C@H](C)n3cncn3)cc2)n1. The molecule has 0 spiro atoms. The predicted molar refractivity (Wildman–Crippen MR) is 94.3 cm³/mol. The third-order valence-corrected chi connectivity index (χ3v) is 4.22. The van der Waals surface area contributed by atoms with Gasteiger partial charge in [0.05, 0.1) is 17.4 Å². The number of amides is 1. The zero-order valence-corrected chi connectivity index (χ0v) is 14.8. The first-order valence-electron chi connectivity index (χ1n) is 8.24. The van der Waals surface area contributed by atoms with Crippen LogP contribution in [-0.2, 0) is 4.79 Å². The molecule has 1 N–H and O–H groups in total. The minimum absolute atomic E-state index is 0.0966. The van der Waals surface area contributed by atoms with Crippen molar-refractivity contribution in [3.63, 3.8) is 0 Å². The van der Waals surface area contributed by atoms with Gasteiger partial charge in [0.25, 0.3) is 0 Å². The zero-order chi connectivity index (χ0) is 18.0. The number of benzene rings is 1. The summed E-state index contributed by atoms with van der Waals surface area (Å²) < 4.78 is 3.45. The maximum absolute atomic E-state index is 12.3. The second-order valence-electron chi connectivity index (χ2n) is 6.21. The fraction of sp³-hybridized carbons (Fsp3) is 0.333. The minimum Gasteiger partial charge on any atom is -0.348 e. The van der Waals surface area contributed by atoms with Crippen LogP contribution in [0.4, 0.5) is 0 Å². The second kappa shape index (κ2) is 6.88. The van der Waals surface area contributed by atoms with Crippen molar-refractivity contribution in [3.05, 3.63) is 59.9 Å². The van der Waals surface area contributed by atoms with Gasteiger partial charge in [-0.15, -0.1) is 0 Å². The Morgan fingerprint density at radius 1 is 1.16 bits per heavy atom. The molecular weight excluding hydrogens is 316 g/mol. The fourth-order valence-corrected chi connectivity index (χ4v) is 2.75. The van der Waals surface area contributed by atoms with Crippen molar-refractivity contribution in [1.82, 2.24) is 29.9 Å². The molecule has 0 fully saturated rings. The van der Waals surface area contributed by atoms with Gasteiger partial charge >= 0.3 is 0 Å². The Morgan fingerprint density at radius 3 is 2.44 bits per heavy atom. The summed E-state index contributed by atoms with van der Waals surface area (Å²) >= 11 is 0. The molecule has 7 heteroatoms.